The van der Waals surface area contributed by atoms with Gasteiger partial charge in [0.25, 0.3) is 0 Å². The Morgan fingerprint density at radius 3 is 1.12 bits per heavy atom. The largest absolute Gasteiger partial charge is 0.496 e. The minimum absolute atomic E-state index is 0.924. The van der Waals surface area contributed by atoms with Gasteiger partial charge in [0.2, 0.25) is 0 Å². The third-order valence-corrected chi connectivity index (χ3v) is 6.23. The van der Waals surface area contributed by atoms with Gasteiger partial charge in [0.05, 0.1) is 14.2 Å². The summed E-state index contributed by atoms with van der Waals surface area (Å²) in [5.74, 6) is 1.98. The highest BCUT2D eigenvalue weighted by Crippen LogP contribution is 2.28. The molecule has 0 heterocycles. The van der Waals surface area contributed by atoms with Crippen LogP contribution in [0.3, 0.4) is 0 Å². The minimum Gasteiger partial charge on any atom is -0.496 e. The van der Waals surface area contributed by atoms with E-state index in [0.717, 1.165) is 24.3 Å². The van der Waals surface area contributed by atoms with Crippen LogP contribution in [0.4, 0.5) is 0 Å². The number of aryl methyl sites for hydroxylation is 4. The molecular formula is C30H32O2. The molecule has 0 radical (unpaired) electrons. The van der Waals surface area contributed by atoms with E-state index in [1.165, 1.54) is 55.3 Å². The predicted molar refractivity (Wildman–Crippen MR) is 134 cm³/mol. The van der Waals surface area contributed by atoms with E-state index in [4.69, 9.17) is 9.47 Å². The van der Waals surface area contributed by atoms with Crippen molar-refractivity contribution in [2.24, 2.45) is 0 Å². The summed E-state index contributed by atoms with van der Waals surface area (Å²) >= 11 is 0. The Hall–Kier alpha value is -3.26. The molecule has 4 aromatic carbocycles. The van der Waals surface area contributed by atoms with Crippen molar-refractivity contribution >= 4 is 10.8 Å². The van der Waals surface area contributed by atoms with Crippen molar-refractivity contribution in [2.45, 2.75) is 40.5 Å². The standard InChI is InChI=1S/C30H32O2/c1-19-11-25(12-20(2)29(19)31-5)15-23-7-9-28-18-24(8-10-27(28)17-23)16-26-13-21(3)30(32-6)22(4)14-26/h7-14,17-18H,15-16H2,1-6H3. The highest BCUT2D eigenvalue weighted by atomic mass is 16.5. The van der Waals surface area contributed by atoms with E-state index in [1.807, 2.05) is 0 Å². The lowest BCUT2D eigenvalue weighted by Gasteiger charge is -2.13. The molecule has 2 nitrogen and oxygen atoms in total. The molecule has 4 rings (SSSR count). The lowest BCUT2D eigenvalue weighted by Crippen LogP contribution is -1.96. The average molecular weight is 425 g/mol. The number of fused-ring (bicyclic) bond motifs is 1. The van der Waals surface area contributed by atoms with Gasteiger partial charge >= 0.3 is 0 Å². The number of hydrogen-bond donors (Lipinski definition) is 0. The summed E-state index contributed by atoms with van der Waals surface area (Å²) in [5.41, 5.74) is 10.1. The fraction of sp³-hybridized carbons (Fsp3) is 0.267. The van der Waals surface area contributed by atoms with Crippen molar-refractivity contribution in [3.8, 4) is 11.5 Å². The molecule has 0 spiro atoms. The van der Waals surface area contributed by atoms with Crippen LogP contribution in [0.2, 0.25) is 0 Å². The topological polar surface area (TPSA) is 18.5 Å². The summed E-state index contributed by atoms with van der Waals surface area (Å²) < 4.78 is 11.0. The van der Waals surface area contributed by atoms with Crippen LogP contribution in [0.25, 0.3) is 10.8 Å². The molecule has 0 aliphatic rings. The maximum atomic E-state index is 5.51. The predicted octanol–water partition coefficient (Wildman–Crippen LogP) is 7.27. The second-order valence-corrected chi connectivity index (χ2v) is 8.90. The minimum atomic E-state index is 0.924. The number of hydrogen-bond acceptors (Lipinski definition) is 2. The summed E-state index contributed by atoms with van der Waals surface area (Å²) in [6, 6.07) is 22.6. The van der Waals surface area contributed by atoms with Crippen molar-refractivity contribution in [2.75, 3.05) is 14.2 Å². The second kappa shape index (κ2) is 9.08. The zero-order valence-corrected chi connectivity index (χ0v) is 20.0. The smallest absolute Gasteiger partial charge is 0.124 e. The molecule has 4 aromatic rings. The van der Waals surface area contributed by atoms with E-state index in [9.17, 15) is 0 Å². The monoisotopic (exact) mass is 424 g/mol. The summed E-state index contributed by atoms with van der Waals surface area (Å²) in [6.07, 6.45) is 1.85. The lowest BCUT2D eigenvalue weighted by atomic mass is 9.95. The van der Waals surface area contributed by atoms with Gasteiger partial charge in [0.15, 0.2) is 0 Å². The van der Waals surface area contributed by atoms with Crippen LogP contribution in [0.1, 0.15) is 44.5 Å². The quantitative estimate of drug-likeness (QED) is 0.324. The molecule has 0 aromatic heterocycles. The van der Waals surface area contributed by atoms with Crippen molar-refractivity contribution in [1.82, 2.24) is 0 Å². The Kier molecular flexibility index (Phi) is 6.23. The first-order valence-electron chi connectivity index (χ1n) is 11.2. The molecule has 0 atom stereocenters. The molecule has 32 heavy (non-hydrogen) atoms. The van der Waals surface area contributed by atoms with Crippen LogP contribution < -0.4 is 9.47 Å². The molecule has 0 aliphatic heterocycles. The fourth-order valence-electron chi connectivity index (χ4n) is 4.96. The third-order valence-electron chi connectivity index (χ3n) is 6.23. The van der Waals surface area contributed by atoms with Crippen LogP contribution in [0.5, 0.6) is 11.5 Å². The van der Waals surface area contributed by atoms with Crippen LogP contribution in [-0.2, 0) is 12.8 Å². The van der Waals surface area contributed by atoms with Gasteiger partial charge in [-0.25, -0.2) is 0 Å². The van der Waals surface area contributed by atoms with Gasteiger partial charge in [0.1, 0.15) is 11.5 Å². The lowest BCUT2D eigenvalue weighted by molar-refractivity contribution is 0.408. The first-order valence-corrected chi connectivity index (χ1v) is 11.2. The molecule has 0 N–H and O–H groups in total. The Bertz CT molecular complexity index is 1140. The Labute approximate surface area is 191 Å². The second-order valence-electron chi connectivity index (χ2n) is 8.90. The van der Waals surface area contributed by atoms with Crippen molar-refractivity contribution in [1.29, 1.82) is 0 Å². The summed E-state index contributed by atoms with van der Waals surface area (Å²) in [4.78, 5) is 0. The van der Waals surface area contributed by atoms with Crippen LogP contribution >= 0.6 is 0 Å². The number of benzene rings is 4. The van der Waals surface area contributed by atoms with Gasteiger partial charge in [-0.1, -0.05) is 60.7 Å². The molecule has 0 saturated heterocycles. The fourth-order valence-corrected chi connectivity index (χ4v) is 4.96. The molecular weight excluding hydrogens is 392 g/mol. The molecule has 0 fully saturated rings. The number of methoxy groups -OCH3 is 2. The summed E-state index contributed by atoms with van der Waals surface area (Å²) in [7, 11) is 3.48. The molecule has 2 heteroatoms. The zero-order chi connectivity index (χ0) is 22.8. The van der Waals surface area contributed by atoms with Gasteiger partial charge in [-0.3, -0.25) is 0 Å². The van der Waals surface area contributed by atoms with Crippen LogP contribution in [0, 0.1) is 27.7 Å². The van der Waals surface area contributed by atoms with Crippen molar-refractivity contribution < 1.29 is 9.47 Å². The molecule has 0 bridgehead atoms. The molecule has 0 saturated carbocycles. The molecule has 0 amide bonds. The van der Waals surface area contributed by atoms with Gasteiger partial charge < -0.3 is 9.47 Å². The van der Waals surface area contributed by atoms with E-state index < -0.39 is 0 Å². The van der Waals surface area contributed by atoms with Gasteiger partial charge in [-0.2, -0.15) is 0 Å². The average Bonchev–Trinajstić information content (AvgIpc) is 2.73. The first kappa shape index (κ1) is 22.0. The highest BCUT2D eigenvalue weighted by Gasteiger charge is 2.08. The van der Waals surface area contributed by atoms with E-state index in [-0.39, 0.29) is 0 Å². The summed E-state index contributed by atoms with van der Waals surface area (Å²) in [6.45, 7) is 8.46. The molecule has 0 unspecified atom stereocenters. The number of rotatable bonds is 6. The maximum absolute atomic E-state index is 5.51. The van der Waals surface area contributed by atoms with E-state index in [1.54, 1.807) is 14.2 Å². The number of ether oxygens (including phenoxy) is 2. The third kappa shape index (κ3) is 4.50. The van der Waals surface area contributed by atoms with Crippen LogP contribution in [0.15, 0.2) is 60.7 Å². The van der Waals surface area contributed by atoms with E-state index in [0.29, 0.717) is 0 Å². The normalized spacial score (nSPS) is 11.1. The van der Waals surface area contributed by atoms with Gasteiger partial charge in [-0.15, -0.1) is 0 Å². The van der Waals surface area contributed by atoms with Gasteiger partial charge in [0, 0.05) is 0 Å². The van der Waals surface area contributed by atoms with Crippen molar-refractivity contribution in [3.05, 3.63) is 105 Å². The Morgan fingerprint density at radius 1 is 0.469 bits per heavy atom. The Balaban J connectivity index is 1.56. The van der Waals surface area contributed by atoms with E-state index >= 15 is 0 Å². The maximum Gasteiger partial charge on any atom is 0.124 e. The zero-order valence-electron chi connectivity index (χ0n) is 20.0. The Morgan fingerprint density at radius 2 is 0.812 bits per heavy atom. The van der Waals surface area contributed by atoms with Gasteiger partial charge in [-0.05, 0) is 95.8 Å². The SMILES string of the molecule is COc1c(C)cc(Cc2ccc3cc(Cc4cc(C)c(OC)c(C)c4)ccc3c2)cc1C. The van der Waals surface area contributed by atoms with Crippen LogP contribution in [-0.4, -0.2) is 14.2 Å². The molecule has 0 aliphatic carbocycles. The van der Waals surface area contributed by atoms with E-state index in [2.05, 4.69) is 88.4 Å². The first-order chi connectivity index (χ1) is 15.4. The van der Waals surface area contributed by atoms with Crippen molar-refractivity contribution in [3.63, 3.8) is 0 Å². The highest BCUT2D eigenvalue weighted by molar-refractivity contribution is 5.84. The summed E-state index contributed by atoms with van der Waals surface area (Å²) in [5, 5.41) is 2.57. The molecule has 164 valence electrons.